The molecule has 4 nitrogen and oxygen atoms in total. The monoisotopic (exact) mass is 356 g/mol. The van der Waals surface area contributed by atoms with Crippen molar-refractivity contribution >= 4 is 28.4 Å². The number of halogens is 1. The van der Waals surface area contributed by atoms with Gasteiger partial charge < -0.3 is 15.6 Å². The zero-order valence-corrected chi connectivity index (χ0v) is 15.2. The largest absolute Gasteiger partial charge is 0.361 e. The number of likely N-dealkylation sites (N-methyl/N-ethyl adjacent to an activating group) is 1. The minimum absolute atomic E-state index is 0.0248. The minimum Gasteiger partial charge on any atom is -0.361 e. The summed E-state index contributed by atoms with van der Waals surface area (Å²) >= 11 is 6.49. The molecule has 0 unspecified atom stereocenters. The zero-order valence-electron chi connectivity index (χ0n) is 14.4. The Morgan fingerprint density at radius 3 is 2.64 bits per heavy atom. The van der Waals surface area contributed by atoms with Crippen molar-refractivity contribution in [2.24, 2.45) is 0 Å². The van der Waals surface area contributed by atoms with Gasteiger partial charge in [-0.1, -0.05) is 48.0 Å². The van der Waals surface area contributed by atoms with Gasteiger partial charge >= 0.3 is 0 Å². The lowest BCUT2D eigenvalue weighted by Gasteiger charge is -2.19. The fourth-order valence-corrected chi connectivity index (χ4v) is 3.50. The second-order valence-corrected chi connectivity index (χ2v) is 6.65. The highest BCUT2D eigenvalue weighted by molar-refractivity contribution is 6.31. The number of rotatable bonds is 6. The third kappa shape index (κ3) is 3.70. The number of fused-ring (bicyclic) bond motifs is 1. The molecule has 0 saturated carbocycles. The van der Waals surface area contributed by atoms with Crippen LogP contribution in [-0.4, -0.2) is 30.5 Å². The average molecular weight is 357 g/mol. The number of hydrogen-bond acceptors (Lipinski definition) is 1. The molecule has 0 fully saturated rings. The Kier molecular flexibility index (Phi) is 5.41. The molecule has 1 aromatic heterocycles. The molecule has 2 aromatic carbocycles. The molecule has 0 saturated heterocycles. The molecular formula is C20H23ClN3O+. The van der Waals surface area contributed by atoms with Gasteiger partial charge in [-0.15, -0.1) is 0 Å². The number of amides is 1. The lowest BCUT2D eigenvalue weighted by molar-refractivity contribution is -0.674. The van der Waals surface area contributed by atoms with Crippen LogP contribution in [0.4, 0.5) is 0 Å². The smallest absolute Gasteiger partial charge is 0.277 e. The molecule has 2 atom stereocenters. The number of aromatic nitrogens is 1. The summed E-state index contributed by atoms with van der Waals surface area (Å²) in [5.74, 6) is 0.119. The van der Waals surface area contributed by atoms with Crippen molar-refractivity contribution in [1.29, 1.82) is 0 Å². The standard InChI is InChI=1S/C20H22ClN3O/c1-13(20(25)22-2)23-11-16(14-7-3-5-9-18(14)21)17-12-24-19-10-6-4-8-15(17)19/h3-10,12-13,16,23-24H,11H2,1-2H3,(H,22,25)/p+1/t13-,16+/m0/s1. The van der Waals surface area contributed by atoms with Crippen molar-refractivity contribution in [1.82, 2.24) is 10.3 Å². The van der Waals surface area contributed by atoms with Crippen LogP contribution < -0.4 is 10.6 Å². The van der Waals surface area contributed by atoms with Gasteiger partial charge in [-0.2, -0.15) is 0 Å². The lowest BCUT2D eigenvalue weighted by Crippen LogP contribution is -2.92. The molecule has 0 spiro atoms. The average Bonchev–Trinajstić information content (AvgIpc) is 3.06. The lowest BCUT2D eigenvalue weighted by atomic mass is 9.90. The molecule has 0 aliphatic rings. The van der Waals surface area contributed by atoms with E-state index in [-0.39, 0.29) is 17.9 Å². The maximum Gasteiger partial charge on any atom is 0.277 e. The molecule has 1 heterocycles. The highest BCUT2D eigenvalue weighted by atomic mass is 35.5. The van der Waals surface area contributed by atoms with E-state index in [1.165, 1.54) is 10.9 Å². The number of quaternary nitrogens is 1. The van der Waals surface area contributed by atoms with Crippen molar-refractivity contribution in [3.8, 4) is 0 Å². The first-order chi connectivity index (χ1) is 12.1. The number of benzene rings is 2. The number of para-hydroxylation sites is 1. The summed E-state index contributed by atoms with van der Waals surface area (Å²) in [5, 5.41) is 6.70. The Balaban J connectivity index is 1.98. The van der Waals surface area contributed by atoms with E-state index in [1.807, 2.05) is 37.3 Å². The normalized spacial score (nSPS) is 13.6. The molecule has 0 radical (unpaired) electrons. The molecular weight excluding hydrogens is 334 g/mol. The van der Waals surface area contributed by atoms with E-state index in [1.54, 1.807) is 7.05 Å². The number of hydrogen-bond donors (Lipinski definition) is 3. The van der Waals surface area contributed by atoms with E-state index < -0.39 is 0 Å². The van der Waals surface area contributed by atoms with Crippen molar-refractivity contribution in [2.45, 2.75) is 18.9 Å². The van der Waals surface area contributed by atoms with Crippen LogP contribution in [0.5, 0.6) is 0 Å². The van der Waals surface area contributed by atoms with Crippen LogP contribution in [0.1, 0.15) is 24.0 Å². The fourth-order valence-electron chi connectivity index (χ4n) is 3.24. The molecule has 5 heteroatoms. The molecule has 3 rings (SSSR count). The summed E-state index contributed by atoms with van der Waals surface area (Å²) in [6.45, 7) is 2.65. The van der Waals surface area contributed by atoms with Crippen LogP contribution in [-0.2, 0) is 4.79 Å². The first-order valence-electron chi connectivity index (χ1n) is 8.47. The molecule has 0 aliphatic heterocycles. The third-order valence-electron chi connectivity index (χ3n) is 4.66. The van der Waals surface area contributed by atoms with E-state index in [2.05, 4.69) is 40.0 Å². The topological polar surface area (TPSA) is 61.5 Å². The van der Waals surface area contributed by atoms with Crippen LogP contribution in [0.15, 0.2) is 54.7 Å². The number of nitrogens with one attached hydrogen (secondary N) is 2. The van der Waals surface area contributed by atoms with E-state index in [0.29, 0.717) is 0 Å². The summed E-state index contributed by atoms with van der Waals surface area (Å²) in [6.07, 6.45) is 2.05. The van der Waals surface area contributed by atoms with Gasteiger partial charge in [0.2, 0.25) is 0 Å². The maximum absolute atomic E-state index is 11.9. The molecule has 0 bridgehead atoms. The minimum atomic E-state index is -0.153. The highest BCUT2D eigenvalue weighted by Crippen LogP contribution is 2.33. The summed E-state index contributed by atoms with van der Waals surface area (Å²) in [7, 11) is 1.66. The van der Waals surface area contributed by atoms with E-state index >= 15 is 0 Å². The second kappa shape index (κ2) is 7.72. The van der Waals surface area contributed by atoms with Crippen LogP contribution in [0.3, 0.4) is 0 Å². The van der Waals surface area contributed by atoms with Gasteiger partial charge in [0, 0.05) is 29.2 Å². The molecule has 3 aromatic rings. The van der Waals surface area contributed by atoms with Crippen molar-refractivity contribution in [2.75, 3.05) is 13.6 Å². The molecule has 4 N–H and O–H groups in total. The number of carbonyl (C=O) groups excluding carboxylic acids is 1. The molecule has 0 aliphatic carbocycles. The number of aromatic amines is 1. The predicted molar refractivity (Wildman–Crippen MR) is 102 cm³/mol. The third-order valence-corrected chi connectivity index (χ3v) is 5.01. The Morgan fingerprint density at radius 1 is 1.16 bits per heavy atom. The van der Waals surface area contributed by atoms with Crippen LogP contribution >= 0.6 is 11.6 Å². The van der Waals surface area contributed by atoms with Gasteiger partial charge in [0.1, 0.15) is 0 Å². The van der Waals surface area contributed by atoms with Gasteiger partial charge in [-0.05, 0) is 30.2 Å². The number of carbonyl (C=O) groups is 1. The molecule has 1 amide bonds. The first kappa shape index (κ1) is 17.5. The van der Waals surface area contributed by atoms with Crippen molar-refractivity contribution in [3.63, 3.8) is 0 Å². The fraction of sp³-hybridized carbons (Fsp3) is 0.250. The van der Waals surface area contributed by atoms with Crippen molar-refractivity contribution < 1.29 is 10.1 Å². The number of nitrogens with two attached hydrogens (primary N) is 1. The summed E-state index contributed by atoms with van der Waals surface area (Å²) in [6, 6.07) is 16.0. The second-order valence-electron chi connectivity index (χ2n) is 6.24. The van der Waals surface area contributed by atoms with Gasteiger partial charge in [-0.3, -0.25) is 4.79 Å². The summed E-state index contributed by atoms with van der Waals surface area (Å²) < 4.78 is 0. The van der Waals surface area contributed by atoms with Crippen LogP contribution in [0.2, 0.25) is 5.02 Å². The Bertz CT molecular complexity index is 874. The molecule has 25 heavy (non-hydrogen) atoms. The van der Waals surface area contributed by atoms with Gasteiger partial charge in [-0.25, -0.2) is 0 Å². The Hall–Kier alpha value is -2.30. The van der Waals surface area contributed by atoms with Crippen LogP contribution in [0, 0.1) is 0 Å². The quantitative estimate of drug-likeness (QED) is 0.624. The van der Waals surface area contributed by atoms with E-state index in [9.17, 15) is 4.79 Å². The SMILES string of the molecule is CNC(=O)[C@H](C)[NH2+]C[C@H](c1ccccc1Cl)c1c[nH]c2ccccc12. The summed E-state index contributed by atoms with van der Waals surface area (Å²) in [5.41, 5.74) is 3.38. The van der Waals surface area contributed by atoms with Gasteiger partial charge in [0.05, 0.1) is 12.5 Å². The predicted octanol–water partition coefficient (Wildman–Crippen LogP) is 2.65. The Morgan fingerprint density at radius 2 is 1.88 bits per heavy atom. The van der Waals surface area contributed by atoms with Gasteiger partial charge in [0.25, 0.3) is 5.91 Å². The van der Waals surface area contributed by atoms with Gasteiger partial charge in [0.15, 0.2) is 6.04 Å². The first-order valence-corrected chi connectivity index (χ1v) is 8.85. The van der Waals surface area contributed by atoms with E-state index in [4.69, 9.17) is 11.6 Å². The summed E-state index contributed by atoms with van der Waals surface area (Å²) in [4.78, 5) is 15.2. The molecule has 130 valence electrons. The van der Waals surface area contributed by atoms with Crippen molar-refractivity contribution in [3.05, 3.63) is 70.9 Å². The van der Waals surface area contributed by atoms with E-state index in [0.717, 1.165) is 22.6 Å². The zero-order chi connectivity index (χ0) is 17.8. The Labute approximate surface area is 152 Å². The highest BCUT2D eigenvalue weighted by Gasteiger charge is 2.24. The maximum atomic E-state index is 11.9. The number of H-pyrrole nitrogens is 1. The van der Waals surface area contributed by atoms with Crippen LogP contribution in [0.25, 0.3) is 10.9 Å².